The molecule has 0 spiro atoms. The summed E-state index contributed by atoms with van der Waals surface area (Å²) in [6.07, 6.45) is 4.81. The fourth-order valence-corrected chi connectivity index (χ4v) is 2.52. The van der Waals surface area contributed by atoms with E-state index in [9.17, 15) is 4.79 Å². The zero-order chi connectivity index (χ0) is 20.2. The molecular formula is C19H24ClN5O2. The third kappa shape index (κ3) is 5.65. The van der Waals surface area contributed by atoms with Crippen LogP contribution in [0.1, 0.15) is 46.0 Å². The first-order valence-corrected chi connectivity index (χ1v) is 8.88. The van der Waals surface area contributed by atoms with Gasteiger partial charge in [0.05, 0.1) is 11.4 Å². The molecule has 27 heavy (non-hydrogen) atoms. The molecular weight excluding hydrogens is 366 g/mol. The second-order valence-corrected chi connectivity index (χ2v) is 7.26. The number of aromatic nitrogens is 3. The van der Waals surface area contributed by atoms with E-state index in [1.807, 2.05) is 32.1 Å². The fourth-order valence-electron chi connectivity index (χ4n) is 2.38. The average molecular weight is 390 g/mol. The lowest BCUT2D eigenvalue weighted by atomic mass is 10.1. The number of nitrogens with zero attached hydrogens (tertiary/aromatic N) is 4. The van der Waals surface area contributed by atoms with Gasteiger partial charge in [-0.25, -0.2) is 19.3 Å². The second kappa shape index (κ2) is 8.35. The van der Waals surface area contributed by atoms with Crippen LogP contribution in [0, 0.1) is 6.92 Å². The molecule has 0 aliphatic rings. The summed E-state index contributed by atoms with van der Waals surface area (Å²) in [5.74, 6) is 0.423. The van der Waals surface area contributed by atoms with Crippen LogP contribution in [-0.2, 0) is 4.74 Å². The van der Waals surface area contributed by atoms with Crippen molar-refractivity contribution in [2.75, 3.05) is 0 Å². The lowest BCUT2D eigenvalue weighted by molar-refractivity contribution is 0.0563. The van der Waals surface area contributed by atoms with E-state index >= 15 is 0 Å². The number of amidine groups is 1. The van der Waals surface area contributed by atoms with Gasteiger partial charge in [-0.1, -0.05) is 17.7 Å². The lowest BCUT2D eigenvalue weighted by Crippen LogP contribution is -2.35. The van der Waals surface area contributed by atoms with Gasteiger partial charge in [0, 0.05) is 6.20 Å². The van der Waals surface area contributed by atoms with Crippen LogP contribution in [-0.4, -0.2) is 32.1 Å². The number of carbonyl (C=O) groups is 1. The van der Waals surface area contributed by atoms with Crippen molar-refractivity contribution in [2.24, 2.45) is 4.99 Å². The number of ether oxygens (including phenoxy) is 1. The molecule has 0 radical (unpaired) electrons. The summed E-state index contributed by atoms with van der Waals surface area (Å²) < 4.78 is 6.89. The minimum Gasteiger partial charge on any atom is -0.444 e. The maximum Gasteiger partial charge on any atom is 0.413 e. The van der Waals surface area contributed by atoms with E-state index in [1.165, 1.54) is 0 Å². The smallest absolute Gasteiger partial charge is 0.413 e. The Morgan fingerprint density at radius 2 is 2.07 bits per heavy atom. The predicted octanol–water partition coefficient (Wildman–Crippen LogP) is 4.55. The summed E-state index contributed by atoms with van der Waals surface area (Å²) in [6.45, 7) is 10.9. The average Bonchev–Trinajstić information content (AvgIpc) is 2.85. The van der Waals surface area contributed by atoms with Crippen LogP contribution in [0.5, 0.6) is 0 Å². The number of hydrogen-bond acceptors (Lipinski definition) is 5. The van der Waals surface area contributed by atoms with Crippen molar-refractivity contribution in [3.05, 3.63) is 47.0 Å². The van der Waals surface area contributed by atoms with Gasteiger partial charge in [0.2, 0.25) is 0 Å². The Kier molecular flexibility index (Phi) is 6.38. The largest absolute Gasteiger partial charge is 0.444 e. The van der Waals surface area contributed by atoms with Crippen molar-refractivity contribution in [3.8, 4) is 0 Å². The van der Waals surface area contributed by atoms with E-state index in [0.29, 0.717) is 16.6 Å². The number of fused-ring (bicyclic) bond motifs is 1. The molecule has 0 aromatic carbocycles. The van der Waals surface area contributed by atoms with Crippen molar-refractivity contribution >= 4 is 34.8 Å². The third-order valence-electron chi connectivity index (χ3n) is 3.41. The number of aryl methyl sites for hydroxylation is 1. The van der Waals surface area contributed by atoms with E-state index in [2.05, 4.69) is 20.4 Å². The molecule has 0 aliphatic carbocycles. The highest BCUT2D eigenvalue weighted by Gasteiger charge is 2.16. The first-order chi connectivity index (χ1) is 12.6. The number of carbonyl (C=O) groups excluding carboxylic acids is 1. The zero-order valence-corrected chi connectivity index (χ0v) is 17.1. The Bertz CT molecular complexity index is 935. The Balaban J connectivity index is 2.19. The minimum absolute atomic E-state index is 0.385. The zero-order valence-electron chi connectivity index (χ0n) is 16.4. The molecule has 0 unspecified atom stereocenters. The third-order valence-corrected chi connectivity index (χ3v) is 3.61. The summed E-state index contributed by atoms with van der Waals surface area (Å²) in [7, 11) is 0. The van der Waals surface area contributed by atoms with Gasteiger partial charge in [0.15, 0.2) is 5.65 Å². The van der Waals surface area contributed by atoms with Crippen LogP contribution in [0.4, 0.5) is 4.79 Å². The van der Waals surface area contributed by atoms with Gasteiger partial charge in [-0.05, 0) is 65.3 Å². The Morgan fingerprint density at radius 3 is 2.70 bits per heavy atom. The summed E-state index contributed by atoms with van der Waals surface area (Å²) >= 11 is 6.02. The number of amides is 1. The van der Waals surface area contributed by atoms with Crippen LogP contribution >= 0.6 is 11.6 Å². The molecule has 144 valence electrons. The molecule has 2 rings (SSSR count). The fraction of sp³-hybridized carbons (Fsp3) is 0.368. The summed E-state index contributed by atoms with van der Waals surface area (Å²) in [5, 5.41) is 7.28. The lowest BCUT2D eigenvalue weighted by Gasteiger charge is -2.19. The van der Waals surface area contributed by atoms with Crippen molar-refractivity contribution < 1.29 is 9.53 Å². The minimum atomic E-state index is -0.562. The number of aliphatic imine (C=N–C) groups is 1. The molecule has 0 bridgehead atoms. The standard InChI is InChI=1S/C19H24ClN5O2/c1-7-14(10-11-21-13(3)23-18(26)27-19(4,5)6)17-12(2)22-16-9-8-15(20)24-25(16)17/h7-11H,1-6H3,(H,21,23,26)/b11-10-,14-7+. The van der Waals surface area contributed by atoms with Gasteiger partial charge in [0.25, 0.3) is 0 Å². The maximum absolute atomic E-state index is 11.8. The van der Waals surface area contributed by atoms with E-state index in [4.69, 9.17) is 16.3 Å². The van der Waals surface area contributed by atoms with E-state index in [0.717, 1.165) is 17.0 Å². The van der Waals surface area contributed by atoms with E-state index < -0.39 is 11.7 Å². The van der Waals surface area contributed by atoms with Crippen molar-refractivity contribution in [2.45, 2.75) is 47.1 Å². The number of hydrogen-bond donors (Lipinski definition) is 1. The molecule has 7 nitrogen and oxygen atoms in total. The van der Waals surface area contributed by atoms with E-state index in [-0.39, 0.29) is 0 Å². The summed E-state index contributed by atoms with van der Waals surface area (Å²) in [4.78, 5) is 20.5. The topological polar surface area (TPSA) is 80.9 Å². The van der Waals surface area contributed by atoms with E-state index in [1.54, 1.807) is 44.5 Å². The molecule has 2 aromatic rings. The van der Waals surface area contributed by atoms with Crippen molar-refractivity contribution in [1.29, 1.82) is 0 Å². The van der Waals surface area contributed by atoms with Gasteiger partial charge >= 0.3 is 6.09 Å². The molecule has 2 heterocycles. The SMILES string of the molecule is C/C=C(\C=C/N=C(C)NC(=O)OC(C)(C)C)c1c(C)nc2ccc(Cl)nn12. The molecule has 0 saturated heterocycles. The summed E-state index contributed by atoms with van der Waals surface area (Å²) in [6, 6.07) is 3.52. The second-order valence-electron chi connectivity index (χ2n) is 6.87. The molecule has 0 fully saturated rings. The van der Waals surface area contributed by atoms with Gasteiger partial charge in [-0.15, -0.1) is 0 Å². The van der Waals surface area contributed by atoms with Gasteiger partial charge in [-0.3, -0.25) is 5.32 Å². The van der Waals surface area contributed by atoms with Crippen LogP contribution < -0.4 is 5.32 Å². The number of allylic oxidation sites excluding steroid dienone is 3. The molecule has 0 atom stereocenters. The van der Waals surface area contributed by atoms with Crippen LogP contribution in [0.2, 0.25) is 5.15 Å². The molecule has 8 heteroatoms. The highest BCUT2D eigenvalue weighted by atomic mass is 35.5. The normalized spacial score (nSPS) is 13.4. The van der Waals surface area contributed by atoms with Crippen molar-refractivity contribution in [3.63, 3.8) is 0 Å². The molecule has 0 saturated carbocycles. The first kappa shape index (κ1) is 20.6. The highest BCUT2D eigenvalue weighted by Crippen LogP contribution is 2.22. The van der Waals surface area contributed by atoms with Gasteiger partial charge < -0.3 is 4.74 Å². The first-order valence-electron chi connectivity index (χ1n) is 8.50. The number of halogens is 1. The molecule has 1 N–H and O–H groups in total. The molecule has 2 aromatic heterocycles. The molecule has 1 amide bonds. The van der Waals surface area contributed by atoms with Crippen LogP contribution in [0.15, 0.2) is 35.5 Å². The van der Waals surface area contributed by atoms with Crippen LogP contribution in [0.25, 0.3) is 11.2 Å². The van der Waals surface area contributed by atoms with Gasteiger partial charge in [0.1, 0.15) is 16.6 Å². The highest BCUT2D eigenvalue weighted by molar-refractivity contribution is 6.29. The summed E-state index contributed by atoms with van der Waals surface area (Å²) in [5.41, 5.74) is 2.69. The maximum atomic E-state index is 11.8. The van der Waals surface area contributed by atoms with Crippen molar-refractivity contribution in [1.82, 2.24) is 19.9 Å². The number of alkyl carbamates (subject to hydrolysis) is 1. The number of rotatable bonds is 3. The number of nitrogens with one attached hydrogen (secondary N) is 1. The Morgan fingerprint density at radius 1 is 1.37 bits per heavy atom. The number of imidazole rings is 1. The van der Waals surface area contributed by atoms with Crippen LogP contribution in [0.3, 0.4) is 0 Å². The monoisotopic (exact) mass is 389 g/mol. The predicted molar refractivity (Wildman–Crippen MR) is 108 cm³/mol. The quantitative estimate of drug-likeness (QED) is 0.474. The Hall–Kier alpha value is -2.67. The van der Waals surface area contributed by atoms with Gasteiger partial charge in [-0.2, -0.15) is 5.10 Å². The Labute approximate surface area is 163 Å². The molecule has 0 aliphatic heterocycles.